The summed E-state index contributed by atoms with van der Waals surface area (Å²) in [6.07, 6.45) is 5.09. The Balaban J connectivity index is 1.58. The van der Waals surface area contributed by atoms with Crippen molar-refractivity contribution in [2.24, 2.45) is 0 Å². The van der Waals surface area contributed by atoms with Crippen molar-refractivity contribution in [3.63, 3.8) is 0 Å². The van der Waals surface area contributed by atoms with E-state index >= 15 is 0 Å². The highest BCUT2D eigenvalue weighted by Gasteiger charge is 2.34. The highest BCUT2D eigenvalue weighted by atomic mass is 16.5. The van der Waals surface area contributed by atoms with Gasteiger partial charge >= 0.3 is 0 Å². The highest BCUT2D eigenvalue weighted by Crippen LogP contribution is 2.28. The zero-order valence-electron chi connectivity index (χ0n) is 13.8. The number of hydrogen-bond donors (Lipinski definition) is 0. The Kier molecular flexibility index (Phi) is 4.45. The molecule has 2 atom stereocenters. The Morgan fingerprint density at radius 1 is 1.08 bits per heavy atom. The standard InChI is InChI=1S/C19H23N3O2/c23-19-11-10-16(15-6-2-1-3-7-15)20-22(19)14-21-12-13-24-18-9-5-4-8-17(18)21/h1-3,6-7,10-11,17-18H,4-5,8-9,12-14H2/t17-,18+/m0/s1. The number of benzene rings is 1. The van der Waals surface area contributed by atoms with Gasteiger partial charge in [-0.25, -0.2) is 4.68 Å². The number of fused-ring (bicyclic) bond motifs is 1. The van der Waals surface area contributed by atoms with Gasteiger partial charge in [0.2, 0.25) is 0 Å². The van der Waals surface area contributed by atoms with Crippen LogP contribution in [-0.2, 0) is 11.4 Å². The van der Waals surface area contributed by atoms with Gasteiger partial charge in [0, 0.05) is 24.2 Å². The molecule has 5 heteroatoms. The van der Waals surface area contributed by atoms with Crippen molar-refractivity contribution in [2.75, 3.05) is 13.2 Å². The molecule has 0 spiro atoms. The number of morpholine rings is 1. The van der Waals surface area contributed by atoms with Crippen LogP contribution in [-0.4, -0.2) is 40.0 Å². The van der Waals surface area contributed by atoms with Crippen molar-refractivity contribution in [1.29, 1.82) is 0 Å². The molecule has 126 valence electrons. The van der Waals surface area contributed by atoms with Gasteiger partial charge in [0.25, 0.3) is 5.56 Å². The fourth-order valence-corrected chi connectivity index (χ4v) is 3.84. The van der Waals surface area contributed by atoms with Crippen LogP contribution >= 0.6 is 0 Å². The van der Waals surface area contributed by atoms with E-state index < -0.39 is 0 Å². The lowest BCUT2D eigenvalue weighted by Crippen LogP contribution is -2.53. The largest absolute Gasteiger partial charge is 0.375 e. The van der Waals surface area contributed by atoms with E-state index in [1.54, 1.807) is 16.8 Å². The Hall–Kier alpha value is -1.98. The molecule has 2 heterocycles. The first-order valence-electron chi connectivity index (χ1n) is 8.80. The van der Waals surface area contributed by atoms with Gasteiger partial charge in [-0.1, -0.05) is 43.2 Å². The first kappa shape index (κ1) is 15.5. The summed E-state index contributed by atoms with van der Waals surface area (Å²) in [5.41, 5.74) is 1.82. The second-order valence-electron chi connectivity index (χ2n) is 6.64. The van der Waals surface area contributed by atoms with Crippen LogP contribution in [0.3, 0.4) is 0 Å². The number of ether oxygens (including phenoxy) is 1. The molecule has 0 unspecified atom stereocenters. The van der Waals surface area contributed by atoms with E-state index in [9.17, 15) is 4.79 Å². The molecule has 1 saturated carbocycles. The predicted molar refractivity (Wildman–Crippen MR) is 92.6 cm³/mol. The van der Waals surface area contributed by atoms with Crippen LogP contribution in [0.15, 0.2) is 47.3 Å². The molecule has 1 aromatic carbocycles. The molecule has 0 N–H and O–H groups in total. The summed E-state index contributed by atoms with van der Waals surface area (Å²) in [6, 6.07) is 13.8. The third kappa shape index (κ3) is 3.14. The maximum Gasteiger partial charge on any atom is 0.268 e. The molecule has 1 aliphatic carbocycles. The van der Waals surface area contributed by atoms with Gasteiger partial charge < -0.3 is 4.74 Å². The van der Waals surface area contributed by atoms with Crippen molar-refractivity contribution in [3.8, 4) is 11.3 Å². The first-order valence-corrected chi connectivity index (χ1v) is 8.80. The molecular weight excluding hydrogens is 302 g/mol. The lowest BCUT2D eigenvalue weighted by molar-refractivity contribution is -0.0996. The molecule has 0 amide bonds. The molecule has 0 radical (unpaired) electrons. The van der Waals surface area contributed by atoms with Gasteiger partial charge in [0.05, 0.1) is 25.1 Å². The van der Waals surface area contributed by atoms with Gasteiger partial charge in [0.15, 0.2) is 0 Å². The van der Waals surface area contributed by atoms with Crippen molar-refractivity contribution >= 4 is 0 Å². The van der Waals surface area contributed by atoms with Gasteiger partial charge in [-0.15, -0.1) is 0 Å². The number of hydrogen-bond acceptors (Lipinski definition) is 4. The number of aromatic nitrogens is 2. The Morgan fingerprint density at radius 2 is 1.92 bits per heavy atom. The summed E-state index contributed by atoms with van der Waals surface area (Å²) < 4.78 is 7.52. The number of rotatable bonds is 3. The Labute approximate surface area is 141 Å². The molecule has 24 heavy (non-hydrogen) atoms. The van der Waals surface area contributed by atoms with Gasteiger partial charge in [-0.3, -0.25) is 9.69 Å². The average Bonchev–Trinajstić information content (AvgIpc) is 2.64. The van der Waals surface area contributed by atoms with Crippen LogP contribution in [0.2, 0.25) is 0 Å². The van der Waals surface area contributed by atoms with E-state index in [0.717, 1.165) is 37.3 Å². The summed E-state index contributed by atoms with van der Waals surface area (Å²) in [6.45, 7) is 2.16. The summed E-state index contributed by atoms with van der Waals surface area (Å²) in [5.74, 6) is 0. The topological polar surface area (TPSA) is 47.4 Å². The van der Waals surface area contributed by atoms with E-state index in [-0.39, 0.29) is 5.56 Å². The van der Waals surface area contributed by atoms with Crippen LogP contribution in [0.1, 0.15) is 25.7 Å². The minimum Gasteiger partial charge on any atom is -0.375 e. The van der Waals surface area contributed by atoms with E-state index in [1.165, 1.54) is 12.8 Å². The molecule has 0 bridgehead atoms. The van der Waals surface area contributed by atoms with Crippen molar-refractivity contribution in [1.82, 2.24) is 14.7 Å². The quantitative estimate of drug-likeness (QED) is 0.870. The fourth-order valence-electron chi connectivity index (χ4n) is 3.84. The van der Waals surface area contributed by atoms with E-state index in [4.69, 9.17) is 4.74 Å². The SMILES string of the molecule is O=c1ccc(-c2ccccc2)nn1CN1CCO[C@@H]2CCCC[C@@H]21. The van der Waals surface area contributed by atoms with E-state index in [2.05, 4.69) is 10.00 Å². The monoisotopic (exact) mass is 325 g/mol. The highest BCUT2D eigenvalue weighted by molar-refractivity contribution is 5.57. The summed E-state index contributed by atoms with van der Waals surface area (Å²) in [5, 5.41) is 4.60. The molecule has 1 aromatic heterocycles. The van der Waals surface area contributed by atoms with Crippen molar-refractivity contribution < 1.29 is 4.74 Å². The van der Waals surface area contributed by atoms with Crippen molar-refractivity contribution in [2.45, 2.75) is 44.5 Å². The summed E-state index contributed by atoms with van der Waals surface area (Å²) in [7, 11) is 0. The maximum absolute atomic E-state index is 12.3. The second-order valence-corrected chi connectivity index (χ2v) is 6.64. The minimum atomic E-state index is -0.0477. The molecule has 5 nitrogen and oxygen atoms in total. The number of nitrogens with zero attached hydrogens (tertiary/aromatic N) is 3. The molecule has 2 aromatic rings. The lowest BCUT2D eigenvalue weighted by Gasteiger charge is -2.43. The van der Waals surface area contributed by atoms with Crippen LogP contribution in [0.25, 0.3) is 11.3 Å². The normalized spacial score (nSPS) is 24.5. The lowest BCUT2D eigenvalue weighted by atomic mass is 9.90. The summed E-state index contributed by atoms with van der Waals surface area (Å²) >= 11 is 0. The zero-order chi connectivity index (χ0) is 16.4. The Bertz CT molecular complexity index is 742. The zero-order valence-corrected chi connectivity index (χ0v) is 13.8. The van der Waals surface area contributed by atoms with Gasteiger partial charge in [0.1, 0.15) is 0 Å². The molecule has 2 aliphatic rings. The molecule has 1 aliphatic heterocycles. The van der Waals surface area contributed by atoms with Crippen LogP contribution in [0.5, 0.6) is 0 Å². The molecule has 2 fully saturated rings. The molecular formula is C19H23N3O2. The third-order valence-electron chi connectivity index (χ3n) is 5.10. The second kappa shape index (κ2) is 6.87. The average molecular weight is 325 g/mol. The minimum absolute atomic E-state index is 0.0477. The van der Waals surface area contributed by atoms with Crippen LogP contribution in [0, 0.1) is 0 Å². The smallest absolute Gasteiger partial charge is 0.268 e. The Morgan fingerprint density at radius 3 is 2.79 bits per heavy atom. The van der Waals surface area contributed by atoms with Crippen LogP contribution < -0.4 is 5.56 Å². The third-order valence-corrected chi connectivity index (χ3v) is 5.10. The fraction of sp³-hybridized carbons (Fsp3) is 0.474. The van der Waals surface area contributed by atoms with Gasteiger partial charge in [-0.05, 0) is 18.9 Å². The van der Waals surface area contributed by atoms with Gasteiger partial charge in [-0.2, -0.15) is 5.10 Å². The van der Waals surface area contributed by atoms with Crippen molar-refractivity contribution in [3.05, 3.63) is 52.8 Å². The predicted octanol–water partition coefficient (Wildman–Crippen LogP) is 2.51. The summed E-state index contributed by atoms with van der Waals surface area (Å²) in [4.78, 5) is 14.7. The van der Waals surface area contributed by atoms with E-state index in [0.29, 0.717) is 18.8 Å². The first-order chi connectivity index (χ1) is 11.8. The maximum atomic E-state index is 12.3. The molecule has 4 rings (SSSR count). The van der Waals surface area contributed by atoms with E-state index in [1.807, 2.05) is 30.3 Å². The molecule has 1 saturated heterocycles. The van der Waals surface area contributed by atoms with Crippen LogP contribution in [0.4, 0.5) is 0 Å².